The quantitative estimate of drug-likeness (QED) is 0.893. The molecule has 0 saturated carbocycles. The van der Waals surface area contributed by atoms with E-state index in [0.29, 0.717) is 16.3 Å². The molecule has 0 aliphatic rings. The predicted molar refractivity (Wildman–Crippen MR) is 81.2 cm³/mol. The average molecular weight is 298 g/mol. The number of amides is 2. The van der Waals surface area contributed by atoms with Crippen molar-refractivity contribution in [1.82, 2.24) is 10.2 Å². The lowest BCUT2D eigenvalue weighted by Gasteiger charge is -2.24. The highest BCUT2D eigenvalue weighted by atomic mass is 35.5. The lowest BCUT2D eigenvalue weighted by Crippen LogP contribution is -2.48. The van der Waals surface area contributed by atoms with E-state index in [1.807, 2.05) is 0 Å². The lowest BCUT2D eigenvalue weighted by molar-refractivity contribution is -0.121. The number of rotatable bonds is 4. The number of nitrogens with one attached hydrogen (secondary N) is 2. The normalized spacial score (nSPS) is 11.1. The van der Waals surface area contributed by atoms with E-state index >= 15 is 0 Å². The molecular weight excluding hydrogens is 278 g/mol. The van der Waals surface area contributed by atoms with Crippen LogP contribution in [0.5, 0.6) is 0 Å². The maximum atomic E-state index is 12.2. The Morgan fingerprint density at radius 2 is 1.85 bits per heavy atom. The van der Waals surface area contributed by atoms with E-state index in [9.17, 15) is 9.59 Å². The first-order valence-electron chi connectivity index (χ1n) is 6.20. The molecule has 1 aromatic rings. The van der Waals surface area contributed by atoms with E-state index in [4.69, 9.17) is 11.6 Å². The van der Waals surface area contributed by atoms with Crippen LogP contribution in [0.3, 0.4) is 0 Å². The van der Waals surface area contributed by atoms with Crippen molar-refractivity contribution in [2.45, 2.75) is 19.4 Å². The summed E-state index contributed by atoms with van der Waals surface area (Å²) in [4.78, 5) is 25.7. The number of nitrogens with zero attached hydrogens (tertiary/aromatic N) is 1. The second-order valence-electron chi connectivity index (χ2n) is 5.22. The highest BCUT2D eigenvalue weighted by Gasteiger charge is 2.26. The van der Waals surface area contributed by atoms with Crippen molar-refractivity contribution in [3.05, 3.63) is 28.8 Å². The highest BCUT2D eigenvalue weighted by molar-refractivity contribution is 6.31. The minimum absolute atomic E-state index is 0.195. The Morgan fingerprint density at radius 1 is 1.25 bits per heavy atom. The number of benzene rings is 1. The van der Waals surface area contributed by atoms with Crippen molar-refractivity contribution in [2.75, 3.05) is 26.5 Å². The van der Waals surface area contributed by atoms with Crippen molar-refractivity contribution in [3.8, 4) is 0 Å². The van der Waals surface area contributed by atoms with Crippen molar-refractivity contribution in [3.63, 3.8) is 0 Å². The molecule has 20 heavy (non-hydrogen) atoms. The number of hydrogen-bond donors (Lipinski definition) is 2. The van der Waals surface area contributed by atoms with Gasteiger partial charge in [-0.15, -0.1) is 0 Å². The van der Waals surface area contributed by atoms with Crippen molar-refractivity contribution < 1.29 is 9.59 Å². The molecule has 0 aliphatic carbocycles. The molecule has 2 amide bonds. The van der Waals surface area contributed by atoms with E-state index in [1.54, 1.807) is 53.2 Å². The molecule has 5 nitrogen and oxygen atoms in total. The third-order valence-corrected chi connectivity index (χ3v) is 3.29. The van der Waals surface area contributed by atoms with Gasteiger partial charge in [-0.25, -0.2) is 0 Å². The Hall–Kier alpha value is -1.59. The van der Waals surface area contributed by atoms with E-state index in [0.717, 1.165) is 0 Å². The fourth-order valence-corrected chi connectivity index (χ4v) is 1.61. The minimum atomic E-state index is -0.749. The van der Waals surface area contributed by atoms with E-state index < -0.39 is 5.54 Å². The summed E-state index contributed by atoms with van der Waals surface area (Å²) in [6, 6.07) is 4.80. The number of anilines is 1. The first-order chi connectivity index (χ1) is 9.19. The van der Waals surface area contributed by atoms with Crippen molar-refractivity contribution >= 4 is 29.1 Å². The minimum Gasteiger partial charge on any atom is -0.345 e. The predicted octanol–water partition coefficient (Wildman–Crippen LogP) is 1.98. The van der Waals surface area contributed by atoms with Crippen LogP contribution < -0.4 is 10.6 Å². The summed E-state index contributed by atoms with van der Waals surface area (Å²) in [5.41, 5.74) is 0.0602. The van der Waals surface area contributed by atoms with Gasteiger partial charge < -0.3 is 15.5 Å². The third-order valence-electron chi connectivity index (χ3n) is 3.06. The number of carbonyl (C=O) groups is 2. The molecule has 110 valence electrons. The fourth-order valence-electron chi connectivity index (χ4n) is 1.44. The molecule has 0 saturated heterocycles. The van der Waals surface area contributed by atoms with E-state index in [-0.39, 0.29) is 11.8 Å². The van der Waals surface area contributed by atoms with Gasteiger partial charge in [0.1, 0.15) is 0 Å². The van der Waals surface area contributed by atoms with Crippen LogP contribution in [0, 0.1) is 0 Å². The first kappa shape index (κ1) is 16.5. The molecular formula is C14H20ClN3O2. The summed E-state index contributed by atoms with van der Waals surface area (Å²) in [7, 11) is 5.00. The van der Waals surface area contributed by atoms with E-state index in [2.05, 4.69) is 10.6 Å². The smallest absolute Gasteiger partial charge is 0.255 e. The van der Waals surface area contributed by atoms with Crippen LogP contribution in [0.15, 0.2) is 18.2 Å². The molecule has 0 atom stereocenters. The molecule has 0 heterocycles. The summed E-state index contributed by atoms with van der Waals surface area (Å²) in [6.07, 6.45) is 0. The number of likely N-dealkylation sites (N-methyl/N-ethyl adjacent to an activating group) is 1. The molecule has 0 fully saturated rings. The number of halogens is 1. The van der Waals surface area contributed by atoms with Crippen LogP contribution in [-0.2, 0) is 4.79 Å². The first-order valence-corrected chi connectivity index (χ1v) is 6.58. The second-order valence-corrected chi connectivity index (χ2v) is 5.66. The van der Waals surface area contributed by atoms with Crippen molar-refractivity contribution in [2.24, 2.45) is 0 Å². The largest absolute Gasteiger partial charge is 0.345 e. The van der Waals surface area contributed by atoms with Gasteiger partial charge in [0.15, 0.2) is 0 Å². The second kappa shape index (κ2) is 6.24. The highest BCUT2D eigenvalue weighted by Crippen LogP contribution is 2.23. The van der Waals surface area contributed by atoms with Gasteiger partial charge in [0.05, 0.1) is 16.8 Å². The van der Waals surface area contributed by atoms with Crippen LogP contribution in [0.25, 0.3) is 0 Å². The zero-order valence-electron chi connectivity index (χ0n) is 12.4. The SMILES string of the molecule is CNC(C)(C)C(=O)Nc1cc(Cl)ccc1C(=O)N(C)C. The van der Waals surface area contributed by atoms with Gasteiger partial charge in [0, 0.05) is 19.1 Å². The zero-order chi connectivity index (χ0) is 15.5. The van der Waals surface area contributed by atoms with Gasteiger partial charge in [-0.2, -0.15) is 0 Å². The standard InChI is InChI=1S/C14H20ClN3O2/c1-14(2,16-3)13(20)17-11-8-9(15)6-7-10(11)12(19)18(4)5/h6-8,16H,1-5H3,(H,17,20). The topological polar surface area (TPSA) is 61.4 Å². The average Bonchev–Trinajstić information content (AvgIpc) is 2.38. The van der Waals surface area contributed by atoms with Crippen LogP contribution in [0.4, 0.5) is 5.69 Å². The third kappa shape index (κ3) is 3.71. The van der Waals surface area contributed by atoms with Gasteiger partial charge in [-0.1, -0.05) is 11.6 Å². The summed E-state index contributed by atoms with van der Waals surface area (Å²) in [5.74, 6) is -0.436. The molecule has 0 unspecified atom stereocenters. The molecule has 1 aromatic carbocycles. The Morgan fingerprint density at radius 3 is 2.35 bits per heavy atom. The Bertz CT molecular complexity index is 527. The molecule has 0 aromatic heterocycles. The fraction of sp³-hybridized carbons (Fsp3) is 0.429. The van der Waals surface area contributed by atoms with Gasteiger partial charge in [0.25, 0.3) is 5.91 Å². The molecule has 0 bridgehead atoms. The lowest BCUT2D eigenvalue weighted by atomic mass is 10.0. The van der Waals surface area contributed by atoms with Crippen LogP contribution >= 0.6 is 11.6 Å². The van der Waals surface area contributed by atoms with Gasteiger partial charge in [-0.3, -0.25) is 9.59 Å². The molecule has 6 heteroatoms. The van der Waals surface area contributed by atoms with Gasteiger partial charge in [-0.05, 0) is 39.1 Å². The molecule has 1 rings (SSSR count). The van der Waals surface area contributed by atoms with Crippen LogP contribution in [0.1, 0.15) is 24.2 Å². The molecule has 0 radical (unpaired) electrons. The Kier molecular flexibility index (Phi) is 5.14. The van der Waals surface area contributed by atoms with Gasteiger partial charge >= 0.3 is 0 Å². The van der Waals surface area contributed by atoms with E-state index in [1.165, 1.54) is 4.90 Å². The zero-order valence-corrected chi connectivity index (χ0v) is 13.1. The number of hydrogen-bond acceptors (Lipinski definition) is 3. The van der Waals surface area contributed by atoms with Crippen LogP contribution in [-0.4, -0.2) is 43.4 Å². The monoisotopic (exact) mass is 297 g/mol. The maximum absolute atomic E-state index is 12.2. The number of carbonyl (C=O) groups excluding carboxylic acids is 2. The molecule has 2 N–H and O–H groups in total. The summed E-state index contributed by atoms with van der Waals surface area (Å²) >= 11 is 5.94. The van der Waals surface area contributed by atoms with Gasteiger partial charge in [0.2, 0.25) is 5.91 Å². The summed E-state index contributed by atoms with van der Waals surface area (Å²) in [6.45, 7) is 3.50. The van der Waals surface area contributed by atoms with Crippen molar-refractivity contribution in [1.29, 1.82) is 0 Å². The molecule has 0 aliphatic heterocycles. The molecule has 0 spiro atoms. The Balaban J connectivity index is 3.14. The van der Waals surface area contributed by atoms with Crippen LogP contribution in [0.2, 0.25) is 5.02 Å². The Labute approximate surface area is 124 Å². The summed E-state index contributed by atoms with van der Waals surface area (Å²) < 4.78 is 0. The summed E-state index contributed by atoms with van der Waals surface area (Å²) in [5, 5.41) is 6.11. The maximum Gasteiger partial charge on any atom is 0.255 e.